The van der Waals surface area contributed by atoms with E-state index >= 15 is 0 Å². The molecule has 2 heterocycles. The molecule has 1 N–H and O–H groups in total. The first kappa shape index (κ1) is 19.8. The van der Waals surface area contributed by atoms with E-state index < -0.39 is 0 Å². The van der Waals surface area contributed by atoms with Crippen LogP contribution in [0.4, 0.5) is 0 Å². The quantitative estimate of drug-likeness (QED) is 0.613. The summed E-state index contributed by atoms with van der Waals surface area (Å²) in [6.07, 6.45) is 2.95. The van der Waals surface area contributed by atoms with Crippen LogP contribution < -0.4 is 19.5 Å². The van der Waals surface area contributed by atoms with Crippen LogP contribution in [0.25, 0.3) is 0 Å². The molecule has 1 amide bonds. The Morgan fingerprint density at radius 2 is 1.93 bits per heavy atom. The number of benzene rings is 2. The van der Waals surface area contributed by atoms with Crippen molar-refractivity contribution in [1.29, 1.82) is 0 Å². The standard InChI is InChI=1S/C24H24N2O4/c1-2-28-21-5-3-4-6-22(21)30-24-10-8-18(16-26-24)15-25-23(27)14-17-7-9-20-19(13-17)11-12-29-20/h3-10,13,16H,2,11-12,14-15H2,1H3,(H,25,27). The minimum absolute atomic E-state index is 0.0279. The van der Waals surface area contributed by atoms with Crippen LogP contribution in [-0.2, 0) is 24.2 Å². The van der Waals surface area contributed by atoms with Gasteiger partial charge in [-0.1, -0.05) is 30.3 Å². The number of para-hydroxylation sites is 2. The molecule has 1 aromatic heterocycles. The van der Waals surface area contributed by atoms with Crippen molar-refractivity contribution < 1.29 is 19.0 Å². The Labute approximate surface area is 175 Å². The first-order valence-corrected chi connectivity index (χ1v) is 10.1. The zero-order valence-electron chi connectivity index (χ0n) is 16.9. The number of rotatable bonds is 8. The van der Waals surface area contributed by atoms with Crippen molar-refractivity contribution in [2.45, 2.75) is 26.3 Å². The van der Waals surface area contributed by atoms with Crippen molar-refractivity contribution in [2.75, 3.05) is 13.2 Å². The second-order valence-corrected chi connectivity index (χ2v) is 6.98. The molecular weight excluding hydrogens is 380 g/mol. The number of hydrogen-bond acceptors (Lipinski definition) is 5. The summed E-state index contributed by atoms with van der Waals surface area (Å²) >= 11 is 0. The number of nitrogens with one attached hydrogen (secondary N) is 1. The van der Waals surface area contributed by atoms with Gasteiger partial charge in [-0.3, -0.25) is 4.79 Å². The molecule has 0 saturated carbocycles. The van der Waals surface area contributed by atoms with Crippen LogP contribution in [0.5, 0.6) is 23.1 Å². The van der Waals surface area contributed by atoms with E-state index in [0.717, 1.165) is 29.9 Å². The summed E-state index contributed by atoms with van der Waals surface area (Å²) in [5.41, 5.74) is 3.06. The predicted octanol–water partition coefficient (Wildman–Crippen LogP) is 4.07. The van der Waals surface area contributed by atoms with Crippen LogP contribution in [0.3, 0.4) is 0 Å². The van der Waals surface area contributed by atoms with Gasteiger partial charge in [0.25, 0.3) is 0 Å². The minimum Gasteiger partial charge on any atom is -0.493 e. The zero-order valence-corrected chi connectivity index (χ0v) is 16.9. The molecule has 0 bridgehead atoms. The van der Waals surface area contributed by atoms with Gasteiger partial charge in [0.05, 0.1) is 19.6 Å². The lowest BCUT2D eigenvalue weighted by molar-refractivity contribution is -0.120. The lowest BCUT2D eigenvalue weighted by Crippen LogP contribution is -2.24. The Morgan fingerprint density at radius 3 is 2.73 bits per heavy atom. The average molecular weight is 404 g/mol. The van der Waals surface area contributed by atoms with Gasteiger partial charge in [-0.15, -0.1) is 0 Å². The monoisotopic (exact) mass is 404 g/mol. The van der Waals surface area contributed by atoms with Gasteiger partial charge in [-0.25, -0.2) is 4.98 Å². The number of pyridine rings is 1. The molecule has 0 fully saturated rings. The van der Waals surface area contributed by atoms with Crippen LogP contribution in [0.2, 0.25) is 0 Å². The van der Waals surface area contributed by atoms with E-state index in [0.29, 0.717) is 37.0 Å². The van der Waals surface area contributed by atoms with Gasteiger partial charge in [0.2, 0.25) is 11.8 Å². The minimum atomic E-state index is -0.0279. The topological polar surface area (TPSA) is 69.7 Å². The van der Waals surface area contributed by atoms with Crippen molar-refractivity contribution in [1.82, 2.24) is 10.3 Å². The fourth-order valence-corrected chi connectivity index (χ4v) is 3.30. The maximum atomic E-state index is 12.3. The van der Waals surface area contributed by atoms with Gasteiger partial charge in [0.1, 0.15) is 5.75 Å². The van der Waals surface area contributed by atoms with Crippen molar-refractivity contribution in [3.63, 3.8) is 0 Å². The largest absolute Gasteiger partial charge is 0.493 e. The van der Waals surface area contributed by atoms with Gasteiger partial charge >= 0.3 is 0 Å². The molecule has 6 nitrogen and oxygen atoms in total. The molecule has 0 unspecified atom stereocenters. The lowest BCUT2D eigenvalue weighted by atomic mass is 10.1. The first-order valence-electron chi connectivity index (χ1n) is 10.1. The second kappa shape index (κ2) is 9.31. The number of fused-ring (bicyclic) bond motifs is 1. The van der Waals surface area contributed by atoms with Gasteiger partial charge in [0.15, 0.2) is 11.5 Å². The number of carbonyl (C=O) groups excluding carboxylic acids is 1. The Hall–Kier alpha value is -3.54. The number of carbonyl (C=O) groups is 1. The summed E-state index contributed by atoms with van der Waals surface area (Å²) in [5.74, 6) is 2.66. The zero-order chi connectivity index (χ0) is 20.8. The van der Waals surface area contributed by atoms with E-state index in [1.54, 1.807) is 12.3 Å². The van der Waals surface area contributed by atoms with E-state index in [4.69, 9.17) is 14.2 Å². The molecule has 6 heteroatoms. The van der Waals surface area contributed by atoms with E-state index in [2.05, 4.69) is 16.4 Å². The second-order valence-electron chi connectivity index (χ2n) is 6.98. The molecule has 154 valence electrons. The van der Waals surface area contributed by atoms with Gasteiger partial charge in [0, 0.05) is 25.2 Å². The summed E-state index contributed by atoms with van der Waals surface area (Å²) in [5, 5.41) is 2.94. The fraction of sp³-hybridized carbons (Fsp3) is 0.250. The van der Waals surface area contributed by atoms with E-state index in [9.17, 15) is 4.79 Å². The highest BCUT2D eigenvalue weighted by atomic mass is 16.5. The van der Waals surface area contributed by atoms with E-state index in [1.165, 1.54) is 5.56 Å². The third-order valence-electron chi connectivity index (χ3n) is 4.77. The Bertz CT molecular complexity index is 1020. The lowest BCUT2D eigenvalue weighted by Gasteiger charge is -2.11. The third-order valence-corrected chi connectivity index (χ3v) is 4.77. The highest BCUT2D eigenvalue weighted by Gasteiger charge is 2.13. The summed E-state index contributed by atoms with van der Waals surface area (Å²) in [4.78, 5) is 16.6. The number of aromatic nitrogens is 1. The predicted molar refractivity (Wildman–Crippen MR) is 113 cm³/mol. The Morgan fingerprint density at radius 1 is 1.10 bits per heavy atom. The van der Waals surface area contributed by atoms with Gasteiger partial charge < -0.3 is 19.5 Å². The Balaban J connectivity index is 1.30. The molecule has 0 saturated heterocycles. The van der Waals surface area contributed by atoms with E-state index in [-0.39, 0.29) is 5.91 Å². The molecule has 0 atom stereocenters. The molecule has 4 rings (SSSR count). The molecular formula is C24H24N2O4. The summed E-state index contributed by atoms with van der Waals surface area (Å²) in [6.45, 7) is 3.62. The van der Waals surface area contributed by atoms with Crippen molar-refractivity contribution >= 4 is 5.91 Å². The normalized spacial score (nSPS) is 12.0. The highest BCUT2D eigenvalue weighted by Crippen LogP contribution is 2.30. The average Bonchev–Trinajstić information content (AvgIpc) is 3.23. The number of nitrogens with zero attached hydrogens (tertiary/aromatic N) is 1. The number of amides is 1. The molecule has 0 radical (unpaired) electrons. The smallest absolute Gasteiger partial charge is 0.224 e. The van der Waals surface area contributed by atoms with Crippen LogP contribution in [-0.4, -0.2) is 24.1 Å². The number of hydrogen-bond donors (Lipinski definition) is 1. The Kier molecular flexibility index (Phi) is 6.13. The van der Waals surface area contributed by atoms with Crippen molar-refractivity contribution in [3.8, 4) is 23.1 Å². The molecule has 30 heavy (non-hydrogen) atoms. The van der Waals surface area contributed by atoms with Crippen LogP contribution >= 0.6 is 0 Å². The van der Waals surface area contributed by atoms with Crippen LogP contribution in [0, 0.1) is 0 Å². The first-order chi connectivity index (χ1) is 14.7. The molecule has 1 aliphatic rings. The molecule has 0 aliphatic carbocycles. The maximum Gasteiger partial charge on any atom is 0.224 e. The van der Waals surface area contributed by atoms with Crippen LogP contribution in [0.1, 0.15) is 23.6 Å². The van der Waals surface area contributed by atoms with Crippen molar-refractivity contribution in [3.05, 3.63) is 77.5 Å². The highest BCUT2D eigenvalue weighted by molar-refractivity contribution is 5.78. The van der Waals surface area contributed by atoms with E-state index in [1.807, 2.05) is 49.4 Å². The number of ether oxygens (including phenoxy) is 3. The van der Waals surface area contributed by atoms with Crippen molar-refractivity contribution in [2.24, 2.45) is 0 Å². The summed E-state index contributed by atoms with van der Waals surface area (Å²) in [6, 6.07) is 17.1. The molecule has 3 aromatic rings. The maximum absolute atomic E-state index is 12.3. The SMILES string of the molecule is CCOc1ccccc1Oc1ccc(CNC(=O)Cc2ccc3c(c2)CCO3)cn1. The summed E-state index contributed by atoms with van der Waals surface area (Å²) in [7, 11) is 0. The molecule has 0 spiro atoms. The van der Waals surface area contributed by atoms with Gasteiger partial charge in [-0.05, 0) is 41.8 Å². The van der Waals surface area contributed by atoms with Gasteiger partial charge in [-0.2, -0.15) is 0 Å². The van der Waals surface area contributed by atoms with Crippen LogP contribution in [0.15, 0.2) is 60.8 Å². The summed E-state index contributed by atoms with van der Waals surface area (Å²) < 4.78 is 16.9. The fourth-order valence-electron chi connectivity index (χ4n) is 3.30. The molecule has 2 aromatic carbocycles. The third kappa shape index (κ3) is 4.89. The molecule has 1 aliphatic heterocycles.